The van der Waals surface area contributed by atoms with E-state index in [9.17, 15) is 9.90 Å². The van der Waals surface area contributed by atoms with Gasteiger partial charge in [-0.1, -0.05) is 30.2 Å². The Morgan fingerprint density at radius 3 is 2.44 bits per heavy atom. The van der Waals surface area contributed by atoms with Crippen LogP contribution in [0.15, 0.2) is 29.2 Å². The van der Waals surface area contributed by atoms with Gasteiger partial charge >= 0.3 is 5.97 Å². The second-order valence-electron chi connectivity index (χ2n) is 5.54. The van der Waals surface area contributed by atoms with Crippen LogP contribution in [0.5, 0.6) is 0 Å². The lowest BCUT2D eigenvalue weighted by molar-refractivity contribution is -0.149. The number of benzene rings is 1. The lowest BCUT2D eigenvalue weighted by Gasteiger charge is -2.58. The highest BCUT2D eigenvalue weighted by Crippen LogP contribution is 2.66. The Bertz CT molecular complexity index is 488. The Kier molecular flexibility index (Phi) is 2.87. The molecule has 96 valence electrons. The lowest BCUT2D eigenvalue weighted by atomic mass is 9.51. The molecule has 0 unspecified atom stereocenters. The molecule has 0 aromatic heterocycles. The van der Waals surface area contributed by atoms with E-state index in [0.29, 0.717) is 10.4 Å². The Morgan fingerprint density at radius 1 is 1.28 bits per heavy atom. The molecule has 0 radical (unpaired) electrons. The molecule has 1 aromatic rings. The van der Waals surface area contributed by atoms with E-state index in [1.54, 1.807) is 0 Å². The zero-order valence-corrected chi connectivity index (χ0v) is 11.6. The molecule has 2 nitrogen and oxygen atoms in total. The van der Waals surface area contributed by atoms with Gasteiger partial charge < -0.3 is 5.11 Å². The van der Waals surface area contributed by atoms with E-state index in [1.165, 1.54) is 31.0 Å². The van der Waals surface area contributed by atoms with Crippen LogP contribution in [-0.4, -0.2) is 15.8 Å². The quantitative estimate of drug-likeness (QED) is 0.902. The van der Waals surface area contributed by atoms with Crippen LogP contribution < -0.4 is 0 Å². The predicted octanol–water partition coefficient (Wildman–Crippen LogP) is 4.22. The zero-order chi connectivity index (χ0) is 12.8. The van der Waals surface area contributed by atoms with Crippen molar-refractivity contribution in [3.8, 4) is 0 Å². The van der Waals surface area contributed by atoms with E-state index in [4.69, 9.17) is 11.6 Å². The van der Waals surface area contributed by atoms with E-state index in [2.05, 4.69) is 0 Å². The monoisotopic (exact) mass is 282 g/mol. The Hall–Kier alpha value is -0.670. The van der Waals surface area contributed by atoms with Crippen LogP contribution in [-0.2, 0) is 4.79 Å². The Morgan fingerprint density at radius 2 is 1.94 bits per heavy atom. The molecule has 1 spiro atoms. The van der Waals surface area contributed by atoms with Gasteiger partial charge in [-0.05, 0) is 43.2 Å². The maximum absolute atomic E-state index is 11.6. The van der Waals surface area contributed by atoms with Crippen LogP contribution in [0, 0.1) is 5.41 Å². The van der Waals surface area contributed by atoms with Crippen molar-refractivity contribution in [3.63, 3.8) is 0 Å². The molecule has 1 N–H and O–H groups in total. The largest absolute Gasteiger partial charge is 0.480 e. The van der Waals surface area contributed by atoms with Crippen LogP contribution in [0.25, 0.3) is 0 Å². The molecule has 1 aromatic carbocycles. The normalized spacial score (nSPS) is 23.2. The molecule has 0 atom stereocenters. The number of rotatable bonds is 3. The fourth-order valence-electron chi connectivity index (χ4n) is 3.20. The van der Waals surface area contributed by atoms with Crippen LogP contribution in [0.2, 0.25) is 5.02 Å². The van der Waals surface area contributed by atoms with Crippen molar-refractivity contribution < 1.29 is 9.90 Å². The fraction of sp³-hybridized carbons (Fsp3) is 0.500. The van der Waals surface area contributed by atoms with Crippen LogP contribution >= 0.6 is 23.4 Å². The first-order valence-electron chi connectivity index (χ1n) is 6.22. The number of halogens is 1. The van der Waals surface area contributed by atoms with Crippen LogP contribution in [0.4, 0.5) is 0 Å². The first kappa shape index (κ1) is 12.4. The minimum absolute atomic E-state index is 0.340. The summed E-state index contributed by atoms with van der Waals surface area (Å²) >= 11 is 7.55. The third-order valence-electron chi connectivity index (χ3n) is 4.27. The van der Waals surface area contributed by atoms with E-state index >= 15 is 0 Å². The third-order valence-corrected chi connectivity index (χ3v) is 6.14. The van der Waals surface area contributed by atoms with E-state index < -0.39 is 10.7 Å². The summed E-state index contributed by atoms with van der Waals surface area (Å²) in [6.07, 6.45) is 5.25. The molecule has 0 amide bonds. The standard InChI is InChI=1S/C14H15ClO2S/c15-10-4-1-2-5-11(10)18-14(12(16)17)8-13(9-14)6-3-7-13/h1-2,4-5H,3,6-9H2,(H,16,17). The first-order chi connectivity index (χ1) is 8.55. The number of carbonyl (C=O) groups is 1. The second kappa shape index (κ2) is 4.17. The van der Waals surface area contributed by atoms with Crippen molar-refractivity contribution >= 4 is 29.3 Å². The minimum Gasteiger partial charge on any atom is -0.480 e. The average Bonchev–Trinajstić information content (AvgIpc) is 2.22. The summed E-state index contributed by atoms with van der Waals surface area (Å²) in [5, 5.41) is 10.2. The molecule has 0 heterocycles. The van der Waals surface area contributed by atoms with Gasteiger partial charge in [0.05, 0.1) is 5.02 Å². The van der Waals surface area contributed by atoms with Crippen molar-refractivity contribution in [1.82, 2.24) is 0 Å². The van der Waals surface area contributed by atoms with Gasteiger partial charge in [0.1, 0.15) is 4.75 Å². The maximum Gasteiger partial charge on any atom is 0.320 e. The number of carboxylic acid groups (broad SMARTS) is 1. The van der Waals surface area contributed by atoms with Crippen molar-refractivity contribution in [2.45, 2.75) is 41.7 Å². The molecule has 18 heavy (non-hydrogen) atoms. The third kappa shape index (κ3) is 1.84. The maximum atomic E-state index is 11.6. The summed E-state index contributed by atoms with van der Waals surface area (Å²) in [7, 11) is 0. The van der Waals surface area contributed by atoms with Gasteiger partial charge in [-0.2, -0.15) is 0 Å². The number of thioether (sulfide) groups is 1. The molecular formula is C14H15ClO2S. The van der Waals surface area contributed by atoms with E-state index in [0.717, 1.165) is 17.7 Å². The number of aliphatic carboxylic acids is 1. The number of hydrogen-bond donors (Lipinski definition) is 1. The molecule has 3 rings (SSSR count). The molecule has 2 aliphatic rings. The molecule has 2 fully saturated rings. The van der Waals surface area contributed by atoms with Crippen molar-refractivity contribution in [2.75, 3.05) is 0 Å². The van der Waals surface area contributed by atoms with Gasteiger partial charge in [0, 0.05) is 4.90 Å². The number of carboxylic acids is 1. The second-order valence-corrected chi connectivity index (χ2v) is 7.37. The van der Waals surface area contributed by atoms with Gasteiger partial charge in [-0.15, -0.1) is 11.8 Å². The van der Waals surface area contributed by atoms with Gasteiger partial charge in [0.25, 0.3) is 0 Å². The topological polar surface area (TPSA) is 37.3 Å². The summed E-state index contributed by atoms with van der Waals surface area (Å²) < 4.78 is -0.647. The van der Waals surface area contributed by atoms with Gasteiger partial charge in [0.2, 0.25) is 0 Å². The molecule has 2 aliphatic carbocycles. The first-order valence-corrected chi connectivity index (χ1v) is 7.42. The van der Waals surface area contributed by atoms with Crippen LogP contribution in [0.3, 0.4) is 0 Å². The molecule has 4 heteroatoms. The smallest absolute Gasteiger partial charge is 0.320 e. The number of hydrogen-bond acceptors (Lipinski definition) is 2. The van der Waals surface area contributed by atoms with Crippen molar-refractivity contribution in [3.05, 3.63) is 29.3 Å². The summed E-state index contributed by atoms with van der Waals surface area (Å²) in [6, 6.07) is 7.50. The van der Waals surface area contributed by atoms with Gasteiger partial charge in [0.15, 0.2) is 0 Å². The van der Waals surface area contributed by atoms with Gasteiger partial charge in [-0.3, -0.25) is 4.79 Å². The fourth-order valence-corrected chi connectivity index (χ4v) is 5.02. The van der Waals surface area contributed by atoms with E-state index in [-0.39, 0.29) is 0 Å². The Labute approximate surface area is 116 Å². The van der Waals surface area contributed by atoms with Crippen molar-refractivity contribution in [1.29, 1.82) is 0 Å². The van der Waals surface area contributed by atoms with E-state index in [1.807, 2.05) is 24.3 Å². The lowest BCUT2D eigenvalue weighted by Crippen LogP contribution is -2.57. The molecule has 0 aliphatic heterocycles. The summed E-state index contributed by atoms with van der Waals surface area (Å²) in [5.41, 5.74) is 0.340. The summed E-state index contributed by atoms with van der Waals surface area (Å²) in [4.78, 5) is 12.5. The zero-order valence-electron chi connectivity index (χ0n) is 9.99. The Balaban J connectivity index is 1.80. The molecule has 0 saturated heterocycles. The SMILES string of the molecule is O=C(O)C1(Sc2ccccc2Cl)CC2(CCC2)C1. The van der Waals surface area contributed by atoms with Gasteiger partial charge in [-0.25, -0.2) is 0 Å². The molecular weight excluding hydrogens is 268 g/mol. The van der Waals surface area contributed by atoms with Crippen LogP contribution in [0.1, 0.15) is 32.1 Å². The summed E-state index contributed by atoms with van der Waals surface area (Å²) in [5.74, 6) is -0.690. The molecule has 2 saturated carbocycles. The van der Waals surface area contributed by atoms with Crippen molar-refractivity contribution in [2.24, 2.45) is 5.41 Å². The highest BCUT2D eigenvalue weighted by Gasteiger charge is 2.61. The highest BCUT2D eigenvalue weighted by atomic mass is 35.5. The molecule has 0 bridgehead atoms. The minimum atomic E-state index is -0.690. The average molecular weight is 283 g/mol. The predicted molar refractivity (Wildman–Crippen MR) is 73.2 cm³/mol. The highest BCUT2D eigenvalue weighted by molar-refractivity contribution is 8.01. The summed E-state index contributed by atoms with van der Waals surface area (Å²) in [6.45, 7) is 0.